The highest BCUT2D eigenvalue weighted by molar-refractivity contribution is 5.95. The molecule has 0 spiro atoms. The predicted octanol–water partition coefficient (Wildman–Crippen LogP) is 3.72. The second-order valence-electron chi connectivity index (χ2n) is 6.54. The maximum absolute atomic E-state index is 12.6. The zero-order valence-corrected chi connectivity index (χ0v) is 16.8. The van der Waals surface area contributed by atoms with Crippen LogP contribution in [0.25, 0.3) is 10.8 Å². The van der Waals surface area contributed by atoms with E-state index in [1.165, 1.54) is 21.3 Å². The number of fused-ring (bicyclic) bond motifs is 1. The standard InChI is InChI=1S/C23H25NO5/c1-27-20-13-16(14-21(28-2)22(20)29-3)23(26)24-12-11-19(25)18-10-6-8-15-7-4-5-9-17(15)18/h4-10,13-14,19,25H,11-12H2,1-3H3,(H,24,26). The van der Waals surface area contributed by atoms with Gasteiger partial charge in [-0.2, -0.15) is 0 Å². The molecule has 0 aliphatic heterocycles. The molecule has 1 unspecified atom stereocenters. The molecule has 152 valence electrons. The van der Waals surface area contributed by atoms with E-state index in [9.17, 15) is 9.90 Å². The molecule has 0 aromatic heterocycles. The molecule has 1 amide bonds. The molecule has 3 aromatic rings. The number of aliphatic hydroxyl groups excluding tert-OH is 1. The minimum absolute atomic E-state index is 0.283. The topological polar surface area (TPSA) is 77.0 Å². The lowest BCUT2D eigenvalue weighted by Crippen LogP contribution is -2.25. The van der Waals surface area contributed by atoms with Crippen LogP contribution in [0.2, 0.25) is 0 Å². The van der Waals surface area contributed by atoms with Gasteiger partial charge in [0, 0.05) is 12.1 Å². The van der Waals surface area contributed by atoms with E-state index < -0.39 is 6.10 Å². The van der Waals surface area contributed by atoms with Gasteiger partial charge < -0.3 is 24.6 Å². The van der Waals surface area contributed by atoms with Crippen molar-refractivity contribution < 1.29 is 24.1 Å². The molecule has 2 N–H and O–H groups in total. The fourth-order valence-corrected chi connectivity index (χ4v) is 3.33. The van der Waals surface area contributed by atoms with E-state index in [-0.39, 0.29) is 5.91 Å². The maximum Gasteiger partial charge on any atom is 0.251 e. The molecule has 3 aromatic carbocycles. The van der Waals surface area contributed by atoms with E-state index in [0.717, 1.165) is 16.3 Å². The van der Waals surface area contributed by atoms with E-state index in [1.807, 2.05) is 42.5 Å². The van der Waals surface area contributed by atoms with Gasteiger partial charge in [-0.25, -0.2) is 0 Å². The van der Waals surface area contributed by atoms with Crippen LogP contribution in [0, 0.1) is 0 Å². The average Bonchev–Trinajstić information content (AvgIpc) is 2.77. The fraction of sp³-hybridized carbons (Fsp3) is 0.261. The summed E-state index contributed by atoms with van der Waals surface area (Å²) in [4.78, 5) is 12.6. The highest BCUT2D eigenvalue weighted by atomic mass is 16.5. The molecule has 1 atom stereocenters. The molecule has 0 bridgehead atoms. The summed E-state index contributed by atoms with van der Waals surface area (Å²) in [5.41, 5.74) is 1.24. The number of aliphatic hydroxyl groups is 1. The van der Waals surface area contributed by atoms with E-state index >= 15 is 0 Å². The quantitative estimate of drug-likeness (QED) is 0.608. The Morgan fingerprint density at radius 3 is 2.28 bits per heavy atom. The summed E-state index contributed by atoms with van der Waals surface area (Å²) in [6, 6.07) is 17.0. The summed E-state index contributed by atoms with van der Waals surface area (Å²) in [6.45, 7) is 0.319. The molecule has 0 saturated heterocycles. The van der Waals surface area contributed by atoms with Crippen molar-refractivity contribution in [3.63, 3.8) is 0 Å². The molecule has 0 heterocycles. The molecule has 29 heavy (non-hydrogen) atoms. The molecule has 0 aliphatic carbocycles. The third-order valence-corrected chi connectivity index (χ3v) is 4.81. The summed E-state index contributed by atoms with van der Waals surface area (Å²) >= 11 is 0. The third kappa shape index (κ3) is 4.43. The van der Waals surface area contributed by atoms with Crippen molar-refractivity contribution in [2.75, 3.05) is 27.9 Å². The van der Waals surface area contributed by atoms with Gasteiger partial charge in [0.2, 0.25) is 5.75 Å². The van der Waals surface area contributed by atoms with Crippen LogP contribution < -0.4 is 19.5 Å². The Bertz CT molecular complexity index is 971. The van der Waals surface area contributed by atoms with Gasteiger partial charge in [0.05, 0.1) is 27.4 Å². The van der Waals surface area contributed by atoms with E-state index in [0.29, 0.717) is 35.8 Å². The highest BCUT2D eigenvalue weighted by Gasteiger charge is 2.17. The Labute approximate surface area is 170 Å². The number of methoxy groups -OCH3 is 3. The molecular weight excluding hydrogens is 370 g/mol. The Kier molecular flexibility index (Phi) is 6.57. The first-order valence-corrected chi connectivity index (χ1v) is 9.33. The molecule has 3 rings (SSSR count). The maximum atomic E-state index is 12.6. The minimum Gasteiger partial charge on any atom is -0.493 e. The molecular formula is C23H25NO5. The van der Waals surface area contributed by atoms with Crippen molar-refractivity contribution in [3.8, 4) is 17.2 Å². The Morgan fingerprint density at radius 2 is 1.62 bits per heavy atom. The normalized spacial score (nSPS) is 11.7. The number of benzene rings is 3. The number of rotatable bonds is 8. The van der Waals surface area contributed by atoms with Crippen LogP contribution in [0.5, 0.6) is 17.2 Å². The molecule has 0 radical (unpaired) electrons. The number of nitrogens with one attached hydrogen (secondary N) is 1. The average molecular weight is 395 g/mol. The van der Waals surface area contributed by atoms with Crippen LogP contribution in [-0.2, 0) is 0 Å². The zero-order valence-electron chi connectivity index (χ0n) is 16.8. The summed E-state index contributed by atoms with van der Waals surface area (Å²) in [7, 11) is 4.51. The van der Waals surface area contributed by atoms with Gasteiger partial charge in [-0.15, -0.1) is 0 Å². The number of hydrogen-bond donors (Lipinski definition) is 2. The van der Waals surface area contributed by atoms with Gasteiger partial charge in [0.25, 0.3) is 5.91 Å². The van der Waals surface area contributed by atoms with E-state index in [1.54, 1.807) is 12.1 Å². The first kappa shape index (κ1) is 20.5. The number of ether oxygens (including phenoxy) is 3. The van der Waals surface area contributed by atoms with Crippen molar-refractivity contribution in [1.29, 1.82) is 0 Å². The van der Waals surface area contributed by atoms with Crippen LogP contribution in [-0.4, -0.2) is 38.9 Å². The predicted molar refractivity (Wildman–Crippen MR) is 112 cm³/mol. The number of amides is 1. The Balaban J connectivity index is 1.68. The highest BCUT2D eigenvalue weighted by Crippen LogP contribution is 2.38. The molecule has 6 heteroatoms. The third-order valence-electron chi connectivity index (χ3n) is 4.81. The molecule has 0 aliphatic rings. The first-order chi connectivity index (χ1) is 14.1. The van der Waals surface area contributed by atoms with Crippen molar-refractivity contribution in [2.45, 2.75) is 12.5 Å². The van der Waals surface area contributed by atoms with Crippen LogP contribution in [0.1, 0.15) is 28.4 Å². The Hall–Kier alpha value is -3.25. The molecule has 6 nitrogen and oxygen atoms in total. The van der Waals surface area contributed by atoms with Gasteiger partial charge in [0.1, 0.15) is 0 Å². The number of carbonyl (C=O) groups excluding carboxylic acids is 1. The van der Waals surface area contributed by atoms with Crippen LogP contribution in [0.15, 0.2) is 54.6 Å². The largest absolute Gasteiger partial charge is 0.493 e. The lowest BCUT2D eigenvalue weighted by Gasteiger charge is -2.16. The van der Waals surface area contributed by atoms with Gasteiger partial charge in [-0.05, 0) is 34.9 Å². The van der Waals surface area contributed by atoms with E-state index in [2.05, 4.69) is 5.32 Å². The summed E-state index contributed by atoms with van der Waals surface area (Å²) in [6.07, 6.45) is -0.286. The van der Waals surface area contributed by atoms with Gasteiger partial charge >= 0.3 is 0 Å². The summed E-state index contributed by atoms with van der Waals surface area (Å²) in [5, 5.41) is 15.6. The van der Waals surface area contributed by atoms with E-state index in [4.69, 9.17) is 14.2 Å². The fourth-order valence-electron chi connectivity index (χ4n) is 3.33. The van der Waals surface area contributed by atoms with Crippen LogP contribution in [0.3, 0.4) is 0 Å². The zero-order chi connectivity index (χ0) is 20.8. The summed E-state index contributed by atoms with van der Waals surface area (Å²) in [5.74, 6) is 0.966. The first-order valence-electron chi connectivity index (χ1n) is 9.33. The van der Waals surface area contributed by atoms with Gasteiger partial charge in [0.15, 0.2) is 11.5 Å². The molecule has 0 fully saturated rings. The number of hydrogen-bond acceptors (Lipinski definition) is 5. The lowest BCUT2D eigenvalue weighted by atomic mass is 9.99. The van der Waals surface area contributed by atoms with Crippen LogP contribution in [0.4, 0.5) is 0 Å². The van der Waals surface area contributed by atoms with Crippen molar-refractivity contribution >= 4 is 16.7 Å². The van der Waals surface area contributed by atoms with Crippen LogP contribution >= 0.6 is 0 Å². The SMILES string of the molecule is COc1cc(C(=O)NCCC(O)c2cccc3ccccc23)cc(OC)c1OC. The summed E-state index contributed by atoms with van der Waals surface area (Å²) < 4.78 is 15.8. The van der Waals surface area contributed by atoms with Crippen molar-refractivity contribution in [2.24, 2.45) is 0 Å². The van der Waals surface area contributed by atoms with Crippen molar-refractivity contribution in [1.82, 2.24) is 5.32 Å². The van der Waals surface area contributed by atoms with Gasteiger partial charge in [-0.1, -0.05) is 42.5 Å². The minimum atomic E-state index is -0.679. The second kappa shape index (κ2) is 9.30. The lowest BCUT2D eigenvalue weighted by molar-refractivity contribution is 0.0942. The van der Waals surface area contributed by atoms with Gasteiger partial charge in [-0.3, -0.25) is 4.79 Å². The Morgan fingerprint density at radius 1 is 0.966 bits per heavy atom. The smallest absolute Gasteiger partial charge is 0.251 e. The second-order valence-corrected chi connectivity index (χ2v) is 6.54. The number of carbonyl (C=O) groups is 1. The monoisotopic (exact) mass is 395 g/mol. The van der Waals surface area contributed by atoms with Crippen molar-refractivity contribution in [3.05, 3.63) is 65.7 Å². The molecule has 0 saturated carbocycles.